The molecule has 2 N–H and O–H groups in total. The molecule has 0 spiro atoms. The third-order valence-electron chi connectivity index (χ3n) is 13.3. The standard InChI is InChI=1S/C72H58N2/c1(7-15-55-21-25-59(26-22-55)57-17-9-5-10-18-57)3-14-54-74-72-51-47-70(48-52-72)68-43-41-67(42-44-68)66-39-37-65(38-40-66)64-35-33-63(34-36-64)62-31-29-61(30-32-62)60-27-23-56(24-28-60)16-8-2-4-13-53-73-71-49-45-69(46-50-71)58-19-11-6-12-20-58/h1-45,47-49,51-54,73-74H,46,50H2/b3-1-,4-2-,15-7-,16-8-,53-13+,54-14+. The largest absolute Gasteiger partial charge is 0.365 e. The Balaban J connectivity index is 0.656. The van der Waals surface area contributed by atoms with E-state index in [2.05, 4.69) is 278 Å². The molecule has 356 valence electrons. The Hall–Kier alpha value is -9.50. The first-order chi connectivity index (χ1) is 36.7. The summed E-state index contributed by atoms with van der Waals surface area (Å²) >= 11 is 0. The highest BCUT2D eigenvalue weighted by Gasteiger charge is 2.08. The van der Waals surface area contributed by atoms with Crippen molar-refractivity contribution in [3.8, 4) is 66.8 Å². The van der Waals surface area contributed by atoms with Crippen LogP contribution in [0.5, 0.6) is 0 Å². The summed E-state index contributed by atoms with van der Waals surface area (Å²) in [7, 11) is 0. The van der Waals surface area contributed by atoms with Gasteiger partial charge < -0.3 is 10.6 Å². The molecule has 1 aliphatic rings. The lowest BCUT2D eigenvalue weighted by Gasteiger charge is -2.14. The number of anilines is 1. The van der Waals surface area contributed by atoms with Gasteiger partial charge in [-0.25, -0.2) is 0 Å². The van der Waals surface area contributed by atoms with Gasteiger partial charge in [0, 0.05) is 23.8 Å². The SMILES string of the molecule is C1=C(N/C=C/C=C\C=C/c2ccc(-c3ccc(-c4ccc(-c5ccc(-c6ccc(-c7ccc(N/C=C/C=C\C=C/c8ccc(-c9ccccc9)cc8)cc7)cc6)cc5)cc4)cc3)cc2)CCC(c2ccccc2)=C1. The minimum Gasteiger partial charge on any atom is -0.365 e. The molecule has 9 aromatic rings. The van der Waals surface area contributed by atoms with Crippen LogP contribution in [0.1, 0.15) is 29.5 Å². The molecule has 2 heteroatoms. The molecule has 0 aliphatic heterocycles. The number of rotatable bonds is 17. The van der Waals surface area contributed by atoms with Crippen LogP contribution in [0.15, 0.2) is 309 Å². The van der Waals surface area contributed by atoms with Crippen molar-refractivity contribution in [1.29, 1.82) is 0 Å². The monoisotopic (exact) mass is 950 g/mol. The van der Waals surface area contributed by atoms with Crippen LogP contribution < -0.4 is 10.6 Å². The van der Waals surface area contributed by atoms with E-state index in [0.717, 1.165) is 18.5 Å². The Labute approximate surface area is 437 Å². The second-order valence-corrected chi connectivity index (χ2v) is 18.2. The second-order valence-electron chi connectivity index (χ2n) is 18.2. The predicted molar refractivity (Wildman–Crippen MR) is 319 cm³/mol. The van der Waals surface area contributed by atoms with Crippen LogP contribution >= 0.6 is 0 Å². The number of allylic oxidation sites excluding steroid dienone is 12. The highest BCUT2D eigenvalue weighted by atomic mass is 14.8. The third kappa shape index (κ3) is 13.1. The van der Waals surface area contributed by atoms with Gasteiger partial charge in [0.2, 0.25) is 0 Å². The van der Waals surface area contributed by atoms with Gasteiger partial charge in [0.1, 0.15) is 0 Å². The van der Waals surface area contributed by atoms with Crippen LogP contribution in [0.3, 0.4) is 0 Å². The first kappa shape index (κ1) is 48.1. The summed E-state index contributed by atoms with van der Waals surface area (Å²) in [5.41, 5.74) is 21.8. The van der Waals surface area contributed by atoms with Crippen molar-refractivity contribution >= 4 is 23.4 Å². The summed E-state index contributed by atoms with van der Waals surface area (Å²) in [6, 6.07) is 82.4. The molecule has 1 aliphatic carbocycles. The minimum absolute atomic E-state index is 1.02. The minimum atomic E-state index is 1.02. The van der Waals surface area contributed by atoms with Crippen LogP contribution in [-0.4, -0.2) is 0 Å². The Bertz CT molecular complexity index is 3480. The van der Waals surface area contributed by atoms with Gasteiger partial charge in [-0.15, -0.1) is 0 Å². The first-order valence-electron chi connectivity index (χ1n) is 25.4. The van der Waals surface area contributed by atoms with Gasteiger partial charge in [0.15, 0.2) is 0 Å². The molecular formula is C72H58N2. The van der Waals surface area contributed by atoms with Gasteiger partial charge >= 0.3 is 0 Å². The highest BCUT2D eigenvalue weighted by Crippen LogP contribution is 2.31. The number of hydrogen-bond donors (Lipinski definition) is 2. The molecule has 0 saturated carbocycles. The molecule has 0 aromatic heterocycles. The van der Waals surface area contributed by atoms with Crippen molar-refractivity contribution in [2.24, 2.45) is 0 Å². The quantitative estimate of drug-likeness (QED) is 0.0889. The molecular weight excluding hydrogens is 893 g/mol. The molecule has 74 heavy (non-hydrogen) atoms. The number of hydrogen-bond acceptors (Lipinski definition) is 2. The average Bonchev–Trinajstić information content (AvgIpc) is 3.48. The fraction of sp³-hybridized carbons (Fsp3) is 0.0278. The van der Waals surface area contributed by atoms with E-state index in [1.54, 1.807) is 0 Å². The van der Waals surface area contributed by atoms with E-state index in [1.807, 2.05) is 48.8 Å². The molecule has 0 fully saturated rings. The van der Waals surface area contributed by atoms with Crippen molar-refractivity contribution in [1.82, 2.24) is 5.32 Å². The second kappa shape index (κ2) is 24.6. The van der Waals surface area contributed by atoms with Crippen LogP contribution in [0.25, 0.3) is 84.5 Å². The molecule has 9 aromatic carbocycles. The third-order valence-corrected chi connectivity index (χ3v) is 13.3. The van der Waals surface area contributed by atoms with Gasteiger partial charge in [0.25, 0.3) is 0 Å². The van der Waals surface area contributed by atoms with Crippen LogP contribution in [0.2, 0.25) is 0 Å². The molecule has 0 bridgehead atoms. The lowest BCUT2D eigenvalue weighted by atomic mass is 9.96. The van der Waals surface area contributed by atoms with Crippen molar-refractivity contribution in [2.45, 2.75) is 12.8 Å². The summed E-state index contributed by atoms with van der Waals surface area (Å²) in [5.74, 6) is 0. The van der Waals surface area contributed by atoms with E-state index in [9.17, 15) is 0 Å². The van der Waals surface area contributed by atoms with Gasteiger partial charge in [0.05, 0.1) is 0 Å². The van der Waals surface area contributed by atoms with E-state index in [4.69, 9.17) is 0 Å². The summed E-state index contributed by atoms with van der Waals surface area (Å²) in [6.45, 7) is 0. The van der Waals surface area contributed by atoms with E-state index in [-0.39, 0.29) is 0 Å². The van der Waals surface area contributed by atoms with Crippen LogP contribution in [0.4, 0.5) is 5.69 Å². The molecule has 0 heterocycles. The molecule has 0 radical (unpaired) electrons. The van der Waals surface area contributed by atoms with Crippen LogP contribution in [-0.2, 0) is 0 Å². The molecule has 2 nitrogen and oxygen atoms in total. The molecule has 0 amide bonds. The first-order valence-corrected chi connectivity index (χ1v) is 25.4. The maximum Gasteiger partial charge on any atom is 0.0380 e. The lowest BCUT2D eigenvalue weighted by Crippen LogP contribution is -2.07. The van der Waals surface area contributed by atoms with Gasteiger partial charge in [-0.2, -0.15) is 0 Å². The molecule has 0 atom stereocenters. The van der Waals surface area contributed by atoms with E-state index >= 15 is 0 Å². The zero-order chi connectivity index (χ0) is 50.0. The average molecular weight is 951 g/mol. The normalized spacial score (nSPS) is 12.9. The smallest absolute Gasteiger partial charge is 0.0380 e. The Morgan fingerprint density at radius 2 is 0.554 bits per heavy atom. The highest BCUT2D eigenvalue weighted by molar-refractivity contribution is 5.77. The molecule has 0 unspecified atom stereocenters. The van der Waals surface area contributed by atoms with Gasteiger partial charge in [-0.3, -0.25) is 0 Å². The van der Waals surface area contributed by atoms with Crippen molar-refractivity contribution in [2.75, 3.05) is 5.32 Å². The zero-order valence-corrected chi connectivity index (χ0v) is 41.4. The van der Waals surface area contributed by atoms with E-state index < -0.39 is 0 Å². The Kier molecular flexibility index (Phi) is 16.0. The Morgan fingerprint density at radius 1 is 0.243 bits per heavy atom. The fourth-order valence-corrected chi connectivity index (χ4v) is 9.03. The topological polar surface area (TPSA) is 24.1 Å². The zero-order valence-electron chi connectivity index (χ0n) is 41.4. The Morgan fingerprint density at radius 3 is 0.919 bits per heavy atom. The maximum absolute atomic E-state index is 3.42. The van der Waals surface area contributed by atoms with Crippen molar-refractivity contribution in [3.63, 3.8) is 0 Å². The van der Waals surface area contributed by atoms with E-state index in [0.29, 0.717) is 0 Å². The lowest BCUT2D eigenvalue weighted by molar-refractivity contribution is 0.880. The fourth-order valence-electron chi connectivity index (χ4n) is 9.03. The maximum atomic E-state index is 3.42. The molecule has 10 rings (SSSR count). The van der Waals surface area contributed by atoms with E-state index in [1.165, 1.54) is 94.7 Å². The summed E-state index contributed by atoms with van der Waals surface area (Å²) in [6.07, 6.45) is 31.0. The number of nitrogens with one attached hydrogen (secondary N) is 2. The summed E-state index contributed by atoms with van der Waals surface area (Å²) < 4.78 is 0. The van der Waals surface area contributed by atoms with Crippen molar-refractivity contribution < 1.29 is 0 Å². The van der Waals surface area contributed by atoms with Gasteiger partial charge in [-0.1, -0.05) is 273 Å². The molecule has 0 saturated heterocycles. The van der Waals surface area contributed by atoms with Gasteiger partial charge in [-0.05, 0) is 132 Å². The summed E-state index contributed by atoms with van der Waals surface area (Å²) in [4.78, 5) is 0. The predicted octanol–water partition coefficient (Wildman–Crippen LogP) is 19.3. The van der Waals surface area contributed by atoms with Crippen LogP contribution in [0, 0.1) is 0 Å². The number of benzene rings is 9. The van der Waals surface area contributed by atoms with Crippen molar-refractivity contribution in [3.05, 3.63) is 326 Å². The summed E-state index contributed by atoms with van der Waals surface area (Å²) in [5, 5.41) is 6.79.